The SMILES string of the molecule is CC(C)(C)OC(=O)N1CCCCC1c1ccc2c(c1)OCO2. The Morgan fingerprint density at radius 1 is 1.23 bits per heavy atom. The number of fused-ring (bicyclic) bond motifs is 1. The van der Waals surface area contributed by atoms with Crippen molar-refractivity contribution in [1.29, 1.82) is 0 Å². The van der Waals surface area contributed by atoms with Gasteiger partial charge in [0.05, 0.1) is 6.04 Å². The van der Waals surface area contributed by atoms with E-state index in [-0.39, 0.29) is 18.9 Å². The first-order valence-corrected chi connectivity index (χ1v) is 7.83. The Morgan fingerprint density at radius 3 is 2.77 bits per heavy atom. The Hall–Kier alpha value is -1.91. The Bertz CT molecular complexity index is 564. The highest BCUT2D eigenvalue weighted by Gasteiger charge is 2.32. The molecule has 2 heterocycles. The molecule has 2 aliphatic heterocycles. The maximum absolute atomic E-state index is 12.5. The van der Waals surface area contributed by atoms with Crippen molar-refractivity contribution in [3.8, 4) is 11.5 Å². The summed E-state index contributed by atoms with van der Waals surface area (Å²) in [6.45, 7) is 6.67. The summed E-state index contributed by atoms with van der Waals surface area (Å²) < 4.78 is 16.4. The van der Waals surface area contributed by atoms with Crippen LogP contribution in [0, 0.1) is 0 Å². The van der Waals surface area contributed by atoms with Crippen LogP contribution < -0.4 is 9.47 Å². The number of rotatable bonds is 1. The van der Waals surface area contributed by atoms with Crippen LogP contribution in [0.1, 0.15) is 51.6 Å². The lowest BCUT2D eigenvalue weighted by molar-refractivity contribution is 0.00949. The number of likely N-dealkylation sites (tertiary alicyclic amines) is 1. The van der Waals surface area contributed by atoms with Gasteiger partial charge in [-0.1, -0.05) is 6.07 Å². The fraction of sp³-hybridized carbons (Fsp3) is 0.588. The summed E-state index contributed by atoms with van der Waals surface area (Å²) in [7, 11) is 0. The standard InChI is InChI=1S/C17H23NO4/c1-17(2,3)22-16(19)18-9-5-4-6-13(18)12-7-8-14-15(10-12)21-11-20-14/h7-8,10,13H,4-6,9,11H2,1-3H3. The lowest BCUT2D eigenvalue weighted by Crippen LogP contribution is -2.41. The normalized spacial score (nSPS) is 20.9. The highest BCUT2D eigenvalue weighted by atomic mass is 16.7. The molecule has 0 aromatic heterocycles. The largest absolute Gasteiger partial charge is 0.454 e. The average Bonchev–Trinajstić information content (AvgIpc) is 2.92. The molecule has 1 fully saturated rings. The van der Waals surface area contributed by atoms with E-state index in [2.05, 4.69) is 0 Å². The molecule has 1 saturated heterocycles. The lowest BCUT2D eigenvalue weighted by atomic mass is 9.95. The molecular formula is C17H23NO4. The minimum Gasteiger partial charge on any atom is -0.454 e. The van der Waals surface area contributed by atoms with Crippen LogP contribution in [-0.4, -0.2) is 29.9 Å². The van der Waals surface area contributed by atoms with E-state index in [0.29, 0.717) is 0 Å². The Labute approximate surface area is 131 Å². The minimum atomic E-state index is -0.478. The topological polar surface area (TPSA) is 48.0 Å². The molecule has 1 amide bonds. The van der Waals surface area contributed by atoms with Gasteiger partial charge < -0.3 is 19.1 Å². The second-order valence-electron chi connectivity index (χ2n) is 6.80. The molecule has 22 heavy (non-hydrogen) atoms. The molecule has 1 aromatic carbocycles. The number of nitrogens with zero attached hydrogens (tertiary/aromatic N) is 1. The molecule has 1 unspecified atom stereocenters. The van der Waals surface area contributed by atoms with Gasteiger partial charge in [0.15, 0.2) is 11.5 Å². The van der Waals surface area contributed by atoms with Crippen molar-refractivity contribution in [3.05, 3.63) is 23.8 Å². The van der Waals surface area contributed by atoms with Gasteiger partial charge in [-0.2, -0.15) is 0 Å². The molecule has 2 aliphatic rings. The molecule has 5 nitrogen and oxygen atoms in total. The van der Waals surface area contributed by atoms with Gasteiger partial charge in [0, 0.05) is 6.54 Å². The van der Waals surface area contributed by atoms with Gasteiger partial charge in [-0.3, -0.25) is 0 Å². The van der Waals surface area contributed by atoms with Crippen LogP contribution in [0.3, 0.4) is 0 Å². The van der Waals surface area contributed by atoms with E-state index in [0.717, 1.165) is 42.9 Å². The zero-order valence-electron chi connectivity index (χ0n) is 13.4. The number of carbonyl (C=O) groups excluding carboxylic acids is 1. The van der Waals surface area contributed by atoms with Gasteiger partial charge in [-0.15, -0.1) is 0 Å². The maximum Gasteiger partial charge on any atom is 0.410 e. The van der Waals surface area contributed by atoms with Crippen LogP contribution in [0.25, 0.3) is 0 Å². The first kappa shape index (κ1) is 15.0. The maximum atomic E-state index is 12.5. The number of benzene rings is 1. The van der Waals surface area contributed by atoms with Crippen molar-refractivity contribution in [1.82, 2.24) is 4.90 Å². The molecule has 0 radical (unpaired) electrons. The molecule has 5 heteroatoms. The molecule has 0 spiro atoms. The predicted molar refractivity (Wildman–Crippen MR) is 82.1 cm³/mol. The van der Waals surface area contributed by atoms with E-state index in [9.17, 15) is 4.79 Å². The molecular weight excluding hydrogens is 282 g/mol. The van der Waals surface area contributed by atoms with Crippen molar-refractivity contribution in [2.75, 3.05) is 13.3 Å². The monoisotopic (exact) mass is 305 g/mol. The Morgan fingerprint density at radius 2 is 2.00 bits per heavy atom. The van der Waals surface area contributed by atoms with Crippen molar-refractivity contribution in [2.45, 2.75) is 51.7 Å². The van der Waals surface area contributed by atoms with Crippen LogP contribution in [0.2, 0.25) is 0 Å². The fourth-order valence-electron chi connectivity index (χ4n) is 2.94. The zero-order valence-corrected chi connectivity index (χ0v) is 13.4. The minimum absolute atomic E-state index is 0.0399. The third-order valence-corrected chi connectivity index (χ3v) is 3.91. The Balaban J connectivity index is 1.82. The summed E-state index contributed by atoms with van der Waals surface area (Å²) in [5.41, 5.74) is 0.600. The molecule has 120 valence electrons. The number of hydrogen-bond donors (Lipinski definition) is 0. The van der Waals surface area contributed by atoms with Gasteiger partial charge in [-0.25, -0.2) is 4.79 Å². The van der Waals surface area contributed by atoms with Crippen molar-refractivity contribution < 1.29 is 19.0 Å². The number of hydrogen-bond acceptors (Lipinski definition) is 4. The predicted octanol–water partition coefficient (Wildman–Crippen LogP) is 3.88. The van der Waals surface area contributed by atoms with Crippen molar-refractivity contribution >= 4 is 6.09 Å². The van der Waals surface area contributed by atoms with Crippen molar-refractivity contribution in [2.24, 2.45) is 0 Å². The van der Waals surface area contributed by atoms with E-state index in [1.165, 1.54) is 0 Å². The summed E-state index contributed by atoms with van der Waals surface area (Å²) in [5.74, 6) is 1.52. The molecule has 0 N–H and O–H groups in total. The average molecular weight is 305 g/mol. The number of piperidine rings is 1. The van der Waals surface area contributed by atoms with Crippen LogP contribution in [-0.2, 0) is 4.74 Å². The van der Waals surface area contributed by atoms with Gasteiger partial charge in [-0.05, 0) is 57.7 Å². The van der Waals surface area contributed by atoms with Crippen LogP contribution in [0.5, 0.6) is 11.5 Å². The molecule has 0 bridgehead atoms. The zero-order chi connectivity index (χ0) is 15.7. The van der Waals surface area contributed by atoms with Gasteiger partial charge in [0.2, 0.25) is 6.79 Å². The van der Waals surface area contributed by atoms with E-state index in [4.69, 9.17) is 14.2 Å². The highest BCUT2D eigenvalue weighted by Crippen LogP contribution is 2.38. The van der Waals surface area contributed by atoms with E-state index >= 15 is 0 Å². The highest BCUT2D eigenvalue weighted by molar-refractivity contribution is 5.69. The van der Waals surface area contributed by atoms with E-state index in [1.54, 1.807) is 0 Å². The van der Waals surface area contributed by atoms with Crippen LogP contribution in [0.4, 0.5) is 4.79 Å². The van der Waals surface area contributed by atoms with E-state index < -0.39 is 5.60 Å². The van der Waals surface area contributed by atoms with Gasteiger partial charge in [0.1, 0.15) is 5.60 Å². The second-order valence-corrected chi connectivity index (χ2v) is 6.80. The summed E-state index contributed by atoms with van der Waals surface area (Å²) in [5, 5.41) is 0. The summed E-state index contributed by atoms with van der Waals surface area (Å²) in [4.78, 5) is 14.3. The number of amides is 1. The Kier molecular flexibility index (Phi) is 3.89. The first-order chi connectivity index (χ1) is 10.4. The number of ether oxygens (including phenoxy) is 3. The summed E-state index contributed by atoms with van der Waals surface area (Å²) in [6.07, 6.45) is 2.83. The van der Waals surface area contributed by atoms with Crippen LogP contribution in [0.15, 0.2) is 18.2 Å². The van der Waals surface area contributed by atoms with Crippen molar-refractivity contribution in [3.63, 3.8) is 0 Å². The molecule has 3 rings (SSSR count). The molecule has 1 atom stereocenters. The fourth-order valence-corrected chi connectivity index (χ4v) is 2.94. The summed E-state index contributed by atoms with van der Waals surface area (Å²) in [6, 6.07) is 5.95. The second kappa shape index (κ2) is 5.71. The lowest BCUT2D eigenvalue weighted by Gasteiger charge is -2.37. The smallest absolute Gasteiger partial charge is 0.410 e. The van der Waals surface area contributed by atoms with Gasteiger partial charge in [0.25, 0.3) is 0 Å². The third kappa shape index (κ3) is 3.13. The molecule has 0 saturated carbocycles. The molecule has 0 aliphatic carbocycles. The third-order valence-electron chi connectivity index (χ3n) is 3.91. The molecule has 1 aromatic rings. The summed E-state index contributed by atoms with van der Waals surface area (Å²) >= 11 is 0. The quantitative estimate of drug-likeness (QED) is 0.790. The van der Waals surface area contributed by atoms with E-state index in [1.807, 2.05) is 43.9 Å². The van der Waals surface area contributed by atoms with Gasteiger partial charge >= 0.3 is 6.09 Å². The first-order valence-electron chi connectivity index (χ1n) is 7.83. The van der Waals surface area contributed by atoms with Crippen LogP contribution >= 0.6 is 0 Å². The number of carbonyl (C=O) groups is 1.